The van der Waals surface area contributed by atoms with Crippen LogP contribution in [0, 0.1) is 0 Å². The Bertz CT molecular complexity index is 2020. The fraction of sp³-hybridized carbons (Fsp3) is 0. The molecule has 3 heterocycles. The molecule has 174 valence electrons. The van der Waals surface area contributed by atoms with Crippen LogP contribution < -0.4 is 0 Å². The van der Waals surface area contributed by atoms with Crippen LogP contribution in [0.1, 0.15) is 0 Å². The summed E-state index contributed by atoms with van der Waals surface area (Å²) in [6.45, 7) is 0. The minimum absolute atomic E-state index is 0.599. The SMILES string of the molecule is c1ccc(-c2ccc3c(c2)oc2nc(-c4ccc(-n5c6ccccc6c6ccccc65)cc4)cn23)cc1. The van der Waals surface area contributed by atoms with Crippen LogP contribution in [0.4, 0.5) is 0 Å². The molecule has 0 aliphatic carbocycles. The smallest absolute Gasteiger partial charge is 0.307 e. The van der Waals surface area contributed by atoms with E-state index in [1.54, 1.807) is 0 Å². The van der Waals surface area contributed by atoms with Gasteiger partial charge in [-0.2, -0.15) is 4.98 Å². The van der Waals surface area contributed by atoms with Gasteiger partial charge in [0.05, 0.1) is 22.2 Å². The highest BCUT2D eigenvalue weighted by atomic mass is 16.4. The molecule has 4 nitrogen and oxygen atoms in total. The van der Waals surface area contributed by atoms with Crippen LogP contribution in [-0.4, -0.2) is 14.0 Å². The highest BCUT2D eigenvalue weighted by Crippen LogP contribution is 2.33. The van der Waals surface area contributed by atoms with Crippen molar-refractivity contribution >= 4 is 38.7 Å². The molecule has 0 aliphatic rings. The predicted molar refractivity (Wildman–Crippen MR) is 150 cm³/mol. The van der Waals surface area contributed by atoms with E-state index in [-0.39, 0.29) is 0 Å². The molecule has 4 heteroatoms. The first-order chi connectivity index (χ1) is 18.3. The third-order valence-electron chi connectivity index (χ3n) is 7.20. The Kier molecular flexibility index (Phi) is 4.19. The second kappa shape index (κ2) is 7.70. The Morgan fingerprint density at radius 1 is 0.541 bits per heavy atom. The molecular formula is C33H21N3O. The molecule has 8 rings (SSSR count). The first kappa shape index (κ1) is 20.1. The maximum absolute atomic E-state index is 6.14. The molecule has 0 amide bonds. The Morgan fingerprint density at radius 2 is 1.19 bits per heavy atom. The van der Waals surface area contributed by atoms with Crippen molar-refractivity contribution in [3.8, 4) is 28.1 Å². The molecule has 0 saturated heterocycles. The molecule has 0 saturated carbocycles. The average molecular weight is 476 g/mol. The van der Waals surface area contributed by atoms with E-state index in [1.165, 1.54) is 27.4 Å². The second-order valence-electron chi connectivity index (χ2n) is 9.35. The number of benzene rings is 5. The predicted octanol–water partition coefficient (Wildman–Crippen LogP) is 8.51. The van der Waals surface area contributed by atoms with E-state index < -0.39 is 0 Å². The minimum Gasteiger partial charge on any atom is -0.423 e. The molecule has 0 aliphatic heterocycles. The number of nitrogens with zero attached hydrogens (tertiary/aromatic N) is 3. The van der Waals surface area contributed by atoms with E-state index in [0.717, 1.165) is 33.6 Å². The first-order valence-electron chi connectivity index (χ1n) is 12.4. The number of aromatic nitrogens is 3. The standard InChI is InChI=1S/C33H21N3O/c1-2-8-22(9-3-1)24-16-19-31-32(20-24)37-33-34-28(21-35(31)33)23-14-17-25(18-15-23)36-29-12-6-4-10-26(29)27-11-5-7-13-30(27)36/h1-21H. The molecule has 0 fully saturated rings. The van der Waals surface area contributed by atoms with Crippen LogP contribution in [-0.2, 0) is 0 Å². The van der Waals surface area contributed by atoms with E-state index in [1.807, 2.05) is 22.6 Å². The molecule has 0 spiro atoms. The number of para-hydroxylation sites is 2. The molecule has 0 unspecified atom stereocenters. The van der Waals surface area contributed by atoms with Crippen LogP contribution in [0.2, 0.25) is 0 Å². The van der Waals surface area contributed by atoms with Crippen molar-refractivity contribution in [2.24, 2.45) is 0 Å². The molecule has 5 aromatic carbocycles. The molecule has 0 N–H and O–H groups in total. The van der Waals surface area contributed by atoms with Gasteiger partial charge in [0.25, 0.3) is 0 Å². The largest absolute Gasteiger partial charge is 0.423 e. The van der Waals surface area contributed by atoms with Gasteiger partial charge in [-0.05, 0) is 47.5 Å². The van der Waals surface area contributed by atoms with Crippen molar-refractivity contribution in [3.63, 3.8) is 0 Å². The zero-order valence-corrected chi connectivity index (χ0v) is 19.9. The zero-order valence-electron chi connectivity index (χ0n) is 19.9. The number of rotatable bonds is 3. The lowest BCUT2D eigenvalue weighted by molar-refractivity contribution is 0.642. The number of imidazole rings is 1. The molecule has 0 bridgehead atoms. The monoisotopic (exact) mass is 475 g/mol. The summed E-state index contributed by atoms with van der Waals surface area (Å²) in [4.78, 5) is 4.80. The van der Waals surface area contributed by atoms with Gasteiger partial charge in [-0.3, -0.25) is 4.40 Å². The van der Waals surface area contributed by atoms with Gasteiger partial charge >= 0.3 is 5.84 Å². The lowest BCUT2D eigenvalue weighted by atomic mass is 10.1. The molecule has 8 aromatic rings. The van der Waals surface area contributed by atoms with Crippen molar-refractivity contribution in [2.75, 3.05) is 0 Å². The maximum atomic E-state index is 6.14. The average Bonchev–Trinajstić information content (AvgIpc) is 3.63. The van der Waals surface area contributed by atoms with Crippen LogP contribution in [0.25, 0.3) is 66.8 Å². The third-order valence-corrected chi connectivity index (χ3v) is 7.20. The van der Waals surface area contributed by atoms with Gasteiger partial charge in [-0.25, -0.2) is 0 Å². The summed E-state index contributed by atoms with van der Waals surface area (Å²) in [5, 5.41) is 2.53. The highest BCUT2D eigenvalue weighted by molar-refractivity contribution is 6.09. The van der Waals surface area contributed by atoms with Gasteiger partial charge in [0.15, 0.2) is 5.58 Å². The van der Waals surface area contributed by atoms with Crippen LogP contribution >= 0.6 is 0 Å². The Morgan fingerprint density at radius 3 is 1.92 bits per heavy atom. The number of hydrogen-bond acceptors (Lipinski definition) is 2. The molecule has 37 heavy (non-hydrogen) atoms. The molecular weight excluding hydrogens is 454 g/mol. The van der Waals surface area contributed by atoms with E-state index in [2.05, 4.69) is 114 Å². The second-order valence-corrected chi connectivity index (χ2v) is 9.35. The number of fused-ring (bicyclic) bond motifs is 6. The summed E-state index contributed by atoms with van der Waals surface area (Å²) in [6.07, 6.45) is 2.05. The van der Waals surface area contributed by atoms with Crippen molar-refractivity contribution < 1.29 is 4.42 Å². The topological polar surface area (TPSA) is 35.4 Å². The van der Waals surface area contributed by atoms with Gasteiger partial charge in [0.1, 0.15) is 0 Å². The van der Waals surface area contributed by atoms with E-state index in [9.17, 15) is 0 Å². The lowest BCUT2D eigenvalue weighted by Crippen LogP contribution is -1.93. The molecule has 0 atom stereocenters. The van der Waals surface area contributed by atoms with E-state index >= 15 is 0 Å². The maximum Gasteiger partial charge on any atom is 0.307 e. The van der Waals surface area contributed by atoms with Gasteiger partial charge in [0, 0.05) is 28.2 Å². The highest BCUT2D eigenvalue weighted by Gasteiger charge is 2.14. The quantitative estimate of drug-likeness (QED) is 0.257. The summed E-state index contributed by atoms with van der Waals surface area (Å²) in [7, 11) is 0. The van der Waals surface area contributed by atoms with Crippen molar-refractivity contribution in [1.82, 2.24) is 14.0 Å². The van der Waals surface area contributed by atoms with Gasteiger partial charge in [-0.15, -0.1) is 0 Å². The van der Waals surface area contributed by atoms with E-state index in [0.29, 0.717) is 5.84 Å². The van der Waals surface area contributed by atoms with E-state index in [4.69, 9.17) is 9.40 Å². The fourth-order valence-corrected chi connectivity index (χ4v) is 5.43. The van der Waals surface area contributed by atoms with Crippen LogP contribution in [0.5, 0.6) is 0 Å². The Hall–Kier alpha value is -5.09. The summed E-state index contributed by atoms with van der Waals surface area (Å²) < 4.78 is 10.5. The molecule has 0 radical (unpaired) electrons. The van der Waals surface area contributed by atoms with Gasteiger partial charge in [-0.1, -0.05) is 84.9 Å². The normalized spacial score (nSPS) is 11.8. The van der Waals surface area contributed by atoms with Crippen molar-refractivity contribution in [3.05, 3.63) is 128 Å². The van der Waals surface area contributed by atoms with Crippen molar-refractivity contribution in [1.29, 1.82) is 0 Å². The van der Waals surface area contributed by atoms with Gasteiger partial charge < -0.3 is 8.98 Å². The summed E-state index contributed by atoms with van der Waals surface area (Å²) in [6, 6.07) is 42.4. The minimum atomic E-state index is 0.599. The Labute approximate surface area is 212 Å². The molecule has 3 aromatic heterocycles. The van der Waals surface area contributed by atoms with Crippen molar-refractivity contribution in [2.45, 2.75) is 0 Å². The summed E-state index contributed by atoms with van der Waals surface area (Å²) >= 11 is 0. The lowest BCUT2D eigenvalue weighted by Gasteiger charge is -2.08. The zero-order chi connectivity index (χ0) is 24.3. The first-order valence-corrected chi connectivity index (χ1v) is 12.4. The fourth-order valence-electron chi connectivity index (χ4n) is 5.43. The number of oxazole rings is 1. The van der Waals surface area contributed by atoms with Crippen LogP contribution in [0.3, 0.4) is 0 Å². The van der Waals surface area contributed by atoms with Gasteiger partial charge in [0.2, 0.25) is 0 Å². The number of hydrogen-bond donors (Lipinski definition) is 0. The summed E-state index contributed by atoms with van der Waals surface area (Å²) in [5.74, 6) is 0.599. The third kappa shape index (κ3) is 3.06. The van der Waals surface area contributed by atoms with Crippen LogP contribution in [0.15, 0.2) is 132 Å². The Balaban J connectivity index is 1.19. The summed E-state index contributed by atoms with van der Waals surface area (Å²) in [5.41, 5.74) is 9.62.